The van der Waals surface area contributed by atoms with Crippen LogP contribution in [0, 0.1) is 0 Å². The maximum atomic E-state index is 12.3. The Hall–Kier alpha value is -2.37. The highest BCUT2D eigenvalue weighted by atomic mass is 16.5. The van der Waals surface area contributed by atoms with E-state index in [1.54, 1.807) is 18.2 Å². The molecule has 2 rings (SSSR count). The van der Waals surface area contributed by atoms with E-state index < -0.39 is 23.8 Å². The van der Waals surface area contributed by atoms with Crippen molar-refractivity contribution in [1.29, 1.82) is 0 Å². The normalized spacial score (nSPS) is 18.5. The van der Waals surface area contributed by atoms with E-state index in [0.717, 1.165) is 4.90 Å². The summed E-state index contributed by atoms with van der Waals surface area (Å²) >= 11 is 0. The summed E-state index contributed by atoms with van der Waals surface area (Å²) in [5.74, 6) is -1.96. The molecule has 0 aliphatic carbocycles. The molecule has 1 heterocycles. The first kappa shape index (κ1) is 13.1. The Kier molecular flexibility index (Phi) is 3.50. The van der Waals surface area contributed by atoms with Crippen molar-refractivity contribution in [3.8, 4) is 5.75 Å². The summed E-state index contributed by atoms with van der Waals surface area (Å²) in [6.45, 7) is 0. The summed E-state index contributed by atoms with van der Waals surface area (Å²) < 4.78 is 5.05. The van der Waals surface area contributed by atoms with Crippen LogP contribution < -0.4 is 4.74 Å². The van der Waals surface area contributed by atoms with Crippen LogP contribution in [-0.2, 0) is 9.59 Å². The van der Waals surface area contributed by atoms with Gasteiger partial charge in [0.25, 0.3) is 5.91 Å². The van der Waals surface area contributed by atoms with E-state index >= 15 is 0 Å². The molecule has 6 heteroatoms. The van der Waals surface area contributed by atoms with E-state index in [-0.39, 0.29) is 18.4 Å². The fourth-order valence-corrected chi connectivity index (χ4v) is 2.12. The van der Waals surface area contributed by atoms with E-state index in [0.29, 0.717) is 5.75 Å². The van der Waals surface area contributed by atoms with Crippen LogP contribution in [0.5, 0.6) is 5.75 Å². The number of nitrogens with zero attached hydrogens (tertiary/aromatic N) is 1. The minimum Gasteiger partial charge on any atom is -0.496 e. The highest BCUT2D eigenvalue weighted by Crippen LogP contribution is 2.25. The van der Waals surface area contributed by atoms with Crippen LogP contribution in [0.3, 0.4) is 0 Å². The number of rotatable bonds is 3. The molecule has 1 N–H and O–H groups in total. The highest BCUT2D eigenvalue weighted by molar-refractivity contribution is 6.09. The molecular weight excluding hydrogens is 250 g/mol. The van der Waals surface area contributed by atoms with Crippen LogP contribution >= 0.6 is 0 Å². The number of hydrogen-bond donors (Lipinski definition) is 1. The average molecular weight is 263 g/mol. The SMILES string of the molecule is COc1ccccc1C(=O)N1C(=O)CCC1C(=O)O. The van der Waals surface area contributed by atoms with Gasteiger partial charge in [-0.25, -0.2) is 4.79 Å². The maximum absolute atomic E-state index is 12.3. The number of carboxylic acids is 1. The second-order valence-electron chi connectivity index (χ2n) is 4.16. The Balaban J connectivity index is 2.37. The number of carbonyl (C=O) groups excluding carboxylic acids is 2. The number of aliphatic carboxylic acids is 1. The van der Waals surface area contributed by atoms with Crippen molar-refractivity contribution in [3.63, 3.8) is 0 Å². The van der Waals surface area contributed by atoms with Gasteiger partial charge in [-0.3, -0.25) is 14.5 Å². The number of carbonyl (C=O) groups is 3. The van der Waals surface area contributed by atoms with Crippen molar-refractivity contribution < 1.29 is 24.2 Å². The Morgan fingerprint density at radius 1 is 1.37 bits per heavy atom. The Bertz CT molecular complexity index is 540. The fraction of sp³-hybridized carbons (Fsp3) is 0.308. The summed E-state index contributed by atoms with van der Waals surface area (Å²) in [6, 6.07) is 5.32. The zero-order chi connectivity index (χ0) is 14.0. The minimum atomic E-state index is -1.17. The summed E-state index contributed by atoms with van der Waals surface area (Å²) in [5.41, 5.74) is 0.187. The molecular formula is C13H13NO5. The van der Waals surface area contributed by atoms with Gasteiger partial charge in [-0.1, -0.05) is 12.1 Å². The maximum Gasteiger partial charge on any atom is 0.326 e. The quantitative estimate of drug-likeness (QED) is 0.819. The molecule has 1 atom stereocenters. The minimum absolute atomic E-state index is 0.0673. The third-order valence-electron chi connectivity index (χ3n) is 3.05. The van der Waals surface area contributed by atoms with E-state index in [1.807, 2.05) is 0 Å². The molecule has 1 aliphatic rings. The predicted molar refractivity (Wildman–Crippen MR) is 64.8 cm³/mol. The lowest BCUT2D eigenvalue weighted by Gasteiger charge is -2.20. The lowest BCUT2D eigenvalue weighted by molar-refractivity contribution is -0.144. The lowest BCUT2D eigenvalue weighted by atomic mass is 10.1. The molecule has 0 spiro atoms. The molecule has 0 radical (unpaired) electrons. The number of para-hydroxylation sites is 1. The van der Waals surface area contributed by atoms with Gasteiger partial charge in [-0.05, 0) is 18.6 Å². The molecule has 1 unspecified atom stereocenters. The molecule has 1 aromatic rings. The molecule has 1 aromatic carbocycles. The third-order valence-corrected chi connectivity index (χ3v) is 3.05. The van der Waals surface area contributed by atoms with Gasteiger partial charge in [0.1, 0.15) is 11.8 Å². The summed E-state index contributed by atoms with van der Waals surface area (Å²) in [4.78, 5) is 35.9. The Morgan fingerprint density at radius 2 is 2.05 bits per heavy atom. The van der Waals surface area contributed by atoms with Crippen LogP contribution in [0.15, 0.2) is 24.3 Å². The van der Waals surface area contributed by atoms with E-state index in [1.165, 1.54) is 13.2 Å². The lowest BCUT2D eigenvalue weighted by Crippen LogP contribution is -2.43. The second kappa shape index (κ2) is 5.09. The Labute approximate surface area is 109 Å². The molecule has 0 saturated carbocycles. The van der Waals surface area contributed by atoms with Gasteiger partial charge in [0.05, 0.1) is 12.7 Å². The molecule has 0 aromatic heterocycles. The van der Waals surface area contributed by atoms with Gasteiger partial charge in [-0.2, -0.15) is 0 Å². The summed E-state index contributed by atoms with van der Waals surface area (Å²) in [7, 11) is 1.41. The smallest absolute Gasteiger partial charge is 0.326 e. The van der Waals surface area contributed by atoms with Crippen molar-refractivity contribution in [1.82, 2.24) is 4.90 Å². The van der Waals surface area contributed by atoms with Crippen molar-refractivity contribution in [3.05, 3.63) is 29.8 Å². The molecule has 1 saturated heterocycles. The zero-order valence-corrected chi connectivity index (χ0v) is 10.3. The van der Waals surface area contributed by atoms with Crippen molar-refractivity contribution >= 4 is 17.8 Å². The molecule has 19 heavy (non-hydrogen) atoms. The second-order valence-corrected chi connectivity index (χ2v) is 4.16. The molecule has 1 fully saturated rings. The topological polar surface area (TPSA) is 83.9 Å². The van der Waals surface area contributed by atoms with Crippen molar-refractivity contribution in [2.24, 2.45) is 0 Å². The Morgan fingerprint density at radius 3 is 2.68 bits per heavy atom. The molecule has 100 valence electrons. The third kappa shape index (κ3) is 2.29. The number of benzene rings is 1. The number of methoxy groups -OCH3 is 1. The van der Waals surface area contributed by atoms with Crippen LogP contribution in [-0.4, -0.2) is 40.9 Å². The number of amides is 2. The number of likely N-dealkylation sites (tertiary alicyclic amines) is 1. The standard InChI is InChI=1S/C13H13NO5/c1-19-10-5-3-2-4-8(10)12(16)14-9(13(17)18)6-7-11(14)15/h2-5,9H,6-7H2,1H3,(H,17,18). The largest absolute Gasteiger partial charge is 0.496 e. The first-order valence-corrected chi connectivity index (χ1v) is 5.78. The van der Waals surface area contributed by atoms with Crippen LogP contribution in [0.2, 0.25) is 0 Å². The number of ether oxygens (including phenoxy) is 1. The van der Waals surface area contributed by atoms with E-state index in [4.69, 9.17) is 9.84 Å². The van der Waals surface area contributed by atoms with E-state index in [2.05, 4.69) is 0 Å². The van der Waals surface area contributed by atoms with Gasteiger partial charge < -0.3 is 9.84 Å². The first-order valence-electron chi connectivity index (χ1n) is 5.78. The van der Waals surface area contributed by atoms with Crippen molar-refractivity contribution in [2.75, 3.05) is 7.11 Å². The molecule has 6 nitrogen and oxygen atoms in total. The molecule has 2 amide bonds. The molecule has 1 aliphatic heterocycles. The van der Waals surface area contributed by atoms with Gasteiger partial charge in [0.15, 0.2) is 0 Å². The highest BCUT2D eigenvalue weighted by Gasteiger charge is 2.41. The van der Waals surface area contributed by atoms with Gasteiger partial charge in [-0.15, -0.1) is 0 Å². The average Bonchev–Trinajstić information content (AvgIpc) is 2.80. The van der Waals surface area contributed by atoms with Crippen LogP contribution in [0.1, 0.15) is 23.2 Å². The number of carboxylic acid groups (broad SMARTS) is 1. The van der Waals surface area contributed by atoms with Crippen LogP contribution in [0.25, 0.3) is 0 Å². The summed E-state index contributed by atoms with van der Waals surface area (Å²) in [5, 5.41) is 9.05. The fourth-order valence-electron chi connectivity index (χ4n) is 2.12. The monoisotopic (exact) mass is 263 g/mol. The van der Waals surface area contributed by atoms with E-state index in [9.17, 15) is 14.4 Å². The number of imide groups is 1. The van der Waals surface area contributed by atoms with Crippen LogP contribution in [0.4, 0.5) is 0 Å². The first-order chi connectivity index (χ1) is 9.06. The summed E-state index contributed by atoms with van der Waals surface area (Å²) in [6.07, 6.45) is 0.215. The van der Waals surface area contributed by atoms with Crippen molar-refractivity contribution in [2.45, 2.75) is 18.9 Å². The predicted octanol–water partition coefficient (Wildman–Crippen LogP) is 0.911. The number of hydrogen-bond acceptors (Lipinski definition) is 4. The van der Waals surface area contributed by atoms with Gasteiger partial charge >= 0.3 is 5.97 Å². The van der Waals surface area contributed by atoms with Gasteiger partial charge in [0, 0.05) is 6.42 Å². The zero-order valence-electron chi connectivity index (χ0n) is 10.3. The van der Waals surface area contributed by atoms with Gasteiger partial charge in [0.2, 0.25) is 5.91 Å². The molecule has 0 bridgehead atoms.